The Kier molecular flexibility index (Phi) is 3.69. The summed E-state index contributed by atoms with van der Waals surface area (Å²) in [6.45, 7) is 2.02. The summed E-state index contributed by atoms with van der Waals surface area (Å²) in [5.74, 6) is -0.292. The normalized spacial score (nSPS) is 19.1. The summed E-state index contributed by atoms with van der Waals surface area (Å²) in [5, 5.41) is 7.97. The zero-order valence-electron chi connectivity index (χ0n) is 10.9. The number of aromatic nitrogens is 1. The SMILES string of the molecule is CC1(NC(=O)c2cc(S(N)(=O)=O)c[nH]2)CCCCC1. The lowest BCUT2D eigenvalue weighted by Gasteiger charge is -2.34. The molecule has 1 saturated carbocycles. The van der Waals surface area contributed by atoms with E-state index in [0.717, 1.165) is 25.7 Å². The van der Waals surface area contributed by atoms with E-state index in [1.165, 1.54) is 18.7 Å². The van der Waals surface area contributed by atoms with Crippen LogP contribution in [0.4, 0.5) is 0 Å². The summed E-state index contributed by atoms with van der Waals surface area (Å²) in [7, 11) is -3.78. The van der Waals surface area contributed by atoms with Gasteiger partial charge in [-0.1, -0.05) is 19.3 Å². The Balaban J connectivity index is 2.10. The van der Waals surface area contributed by atoms with Crippen LogP contribution >= 0.6 is 0 Å². The van der Waals surface area contributed by atoms with Gasteiger partial charge >= 0.3 is 0 Å². The van der Waals surface area contributed by atoms with Crippen molar-refractivity contribution in [3.63, 3.8) is 0 Å². The Morgan fingerprint density at radius 1 is 1.37 bits per heavy atom. The Morgan fingerprint density at radius 3 is 2.53 bits per heavy atom. The van der Waals surface area contributed by atoms with Crippen molar-refractivity contribution in [2.45, 2.75) is 49.5 Å². The number of amides is 1. The van der Waals surface area contributed by atoms with Crippen LogP contribution in [0.3, 0.4) is 0 Å². The average molecular weight is 285 g/mol. The topological polar surface area (TPSA) is 105 Å². The summed E-state index contributed by atoms with van der Waals surface area (Å²) >= 11 is 0. The van der Waals surface area contributed by atoms with Crippen LogP contribution in [0.15, 0.2) is 17.2 Å². The maximum absolute atomic E-state index is 12.1. The van der Waals surface area contributed by atoms with Crippen LogP contribution in [0.1, 0.15) is 49.5 Å². The molecule has 2 rings (SSSR count). The van der Waals surface area contributed by atoms with E-state index in [-0.39, 0.29) is 22.0 Å². The highest BCUT2D eigenvalue weighted by atomic mass is 32.2. The van der Waals surface area contributed by atoms with Crippen LogP contribution in [0.5, 0.6) is 0 Å². The third kappa shape index (κ3) is 3.36. The number of primary sulfonamides is 1. The minimum atomic E-state index is -3.78. The highest BCUT2D eigenvalue weighted by molar-refractivity contribution is 7.89. The molecule has 1 aromatic heterocycles. The van der Waals surface area contributed by atoms with E-state index in [9.17, 15) is 13.2 Å². The number of sulfonamides is 1. The van der Waals surface area contributed by atoms with E-state index in [4.69, 9.17) is 5.14 Å². The smallest absolute Gasteiger partial charge is 0.268 e. The number of rotatable bonds is 3. The van der Waals surface area contributed by atoms with Gasteiger partial charge in [0.05, 0.1) is 4.90 Å². The monoisotopic (exact) mass is 285 g/mol. The molecule has 6 nitrogen and oxygen atoms in total. The van der Waals surface area contributed by atoms with E-state index in [2.05, 4.69) is 10.3 Å². The summed E-state index contributed by atoms with van der Waals surface area (Å²) in [5.41, 5.74) is 0.0122. The van der Waals surface area contributed by atoms with Gasteiger partial charge in [-0.25, -0.2) is 13.6 Å². The molecule has 1 aliphatic rings. The van der Waals surface area contributed by atoms with Crippen molar-refractivity contribution in [2.24, 2.45) is 5.14 Å². The molecule has 0 aromatic carbocycles. The van der Waals surface area contributed by atoms with Crippen LogP contribution in [0, 0.1) is 0 Å². The number of H-pyrrole nitrogens is 1. The van der Waals surface area contributed by atoms with Gasteiger partial charge in [-0.2, -0.15) is 0 Å². The summed E-state index contributed by atoms with van der Waals surface area (Å²) < 4.78 is 22.3. The Morgan fingerprint density at radius 2 is 2.00 bits per heavy atom. The maximum Gasteiger partial charge on any atom is 0.268 e. The molecule has 1 amide bonds. The van der Waals surface area contributed by atoms with Crippen molar-refractivity contribution in [3.8, 4) is 0 Å². The molecule has 1 aliphatic carbocycles. The van der Waals surface area contributed by atoms with Crippen molar-refractivity contribution in [1.82, 2.24) is 10.3 Å². The van der Waals surface area contributed by atoms with Crippen LogP contribution in [0.25, 0.3) is 0 Å². The fraction of sp³-hybridized carbons (Fsp3) is 0.583. The number of carbonyl (C=O) groups is 1. The summed E-state index contributed by atoms with van der Waals surface area (Å²) in [6.07, 6.45) is 6.52. The number of nitrogens with one attached hydrogen (secondary N) is 2. The number of nitrogens with two attached hydrogens (primary N) is 1. The molecule has 1 fully saturated rings. The predicted octanol–water partition coefficient (Wildman–Crippen LogP) is 1.11. The number of hydrogen-bond donors (Lipinski definition) is 3. The molecule has 0 bridgehead atoms. The summed E-state index contributed by atoms with van der Waals surface area (Å²) in [6, 6.07) is 1.26. The molecule has 0 radical (unpaired) electrons. The fourth-order valence-electron chi connectivity index (χ4n) is 2.47. The van der Waals surface area contributed by atoms with Crippen LogP contribution in [-0.4, -0.2) is 24.8 Å². The second kappa shape index (κ2) is 4.97. The zero-order chi connectivity index (χ0) is 14.1. The van der Waals surface area contributed by atoms with Gasteiger partial charge in [-0.3, -0.25) is 4.79 Å². The van der Waals surface area contributed by atoms with Crippen LogP contribution < -0.4 is 10.5 Å². The first kappa shape index (κ1) is 14.1. The highest BCUT2D eigenvalue weighted by Crippen LogP contribution is 2.27. The number of aromatic amines is 1. The molecule has 1 aromatic rings. The maximum atomic E-state index is 12.1. The molecule has 106 valence electrons. The summed E-state index contributed by atoms with van der Waals surface area (Å²) in [4.78, 5) is 14.7. The molecule has 0 saturated heterocycles. The van der Waals surface area contributed by atoms with E-state index in [1.807, 2.05) is 6.92 Å². The fourth-order valence-corrected chi connectivity index (χ4v) is 2.97. The van der Waals surface area contributed by atoms with Crippen molar-refractivity contribution in [3.05, 3.63) is 18.0 Å². The first-order chi connectivity index (χ1) is 8.80. The lowest BCUT2D eigenvalue weighted by Crippen LogP contribution is -2.47. The molecular weight excluding hydrogens is 266 g/mol. The third-order valence-electron chi connectivity index (χ3n) is 3.60. The Bertz CT molecular complexity index is 571. The molecule has 0 atom stereocenters. The lowest BCUT2D eigenvalue weighted by molar-refractivity contribution is 0.0878. The van der Waals surface area contributed by atoms with Gasteiger partial charge in [0.2, 0.25) is 10.0 Å². The standard InChI is InChI=1S/C12H19N3O3S/c1-12(5-3-2-4-6-12)15-11(16)10-7-9(8-14-10)19(13,17)18/h7-8,14H,2-6H2,1H3,(H,15,16)(H2,13,17,18). The van der Waals surface area contributed by atoms with Crippen molar-refractivity contribution < 1.29 is 13.2 Å². The first-order valence-electron chi connectivity index (χ1n) is 6.34. The Hall–Kier alpha value is -1.34. The molecule has 19 heavy (non-hydrogen) atoms. The second-order valence-electron chi connectivity index (χ2n) is 5.37. The molecule has 0 unspecified atom stereocenters. The largest absolute Gasteiger partial charge is 0.356 e. The molecule has 4 N–H and O–H groups in total. The van der Waals surface area contributed by atoms with Crippen molar-refractivity contribution in [2.75, 3.05) is 0 Å². The van der Waals surface area contributed by atoms with Gasteiger partial charge in [0, 0.05) is 11.7 Å². The minimum absolute atomic E-state index is 0.0774. The zero-order valence-corrected chi connectivity index (χ0v) is 11.7. The third-order valence-corrected chi connectivity index (χ3v) is 4.49. The highest BCUT2D eigenvalue weighted by Gasteiger charge is 2.29. The van der Waals surface area contributed by atoms with E-state index in [0.29, 0.717) is 0 Å². The average Bonchev–Trinajstić information content (AvgIpc) is 2.78. The molecule has 0 spiro atoms. The van der Waals surface area contributed by atoms with Gasteiger partial charge < -0.3 is 10.3 Å². The first-order valence-corrected chi connectivity index (χ1v) is 7.89. The second-order valence-corrected chi connectivity index (χ2v) is 6.93. The van der Waals surface area contributed by atoms with E-state index >= 15 is 0 Å². The minimum Gasteiger partial charge on any atom is -0.356 e. The molecule has 0 aliphatic heterocycles. The quantitative estimate of drug-likeness (QED) is 0.774. The van der Waals surface area contributed by atoms with Gasteiger partial charge in [0.1, 0.15) is 5.69 Å². The Labute approximate surface area is 112 Å². The number of hydrogen-bond acceptors (Lipinski definition) is 3. The molecule has 7 heteroatoms. The van der Waals surface area contributed by atoms with Crippen molar-refractivity contribution in [1.29, 1.82) is 0 Å². The van der Waals surface area contributed by atoms with Gasteiger partial charge in [-0.15, -0.1) is 0 Å². The van der Waals surface area contributed by atoms with E-state index in [1.54, 1.807) is 0 Å². The van der Waals surface area contributed by atoms with Gasteiger partial charge in [-0.05, 0) is 25.8 Å². The van der Waals surface area contributed by atoms with Crippen LogP contribution in [-0.2, 0) is 10.0 Å². The van der Waals surface area contributed by atoms with Crippen molar-refractivity contribution >= 4 is 15.9 Å². The van der Waals surface area contributed by atoms with Gasteiger partial charge in [0.25, 0.3) is 5.91 Å². The predicted molar refractivity (Wildman–Crippen MR) is 71.1 cm³/mol. The molecule has 1 heterocycles. The van der Waals surface area contributed by atoms with Crippen LogP contribution in [0.2, 0.25) is 0 Å². The lowest BCUT2D eigenvalue weighted by atomic mass is 9.83. The van der Waals surface area contributed by atoms with Gasteiger partial charge in [0.15, 0.2) is 0 Å². The van der Waals surface area contributed by atoms with E-state index < -0.39 is 10.0 Å². The number of carbonyl (C=O) groups excluding carboxylic acids is 1. The molecular formula is C12H19N3O3S.